The number of halogens is 2. The van der Waals surface area contributed by atoms with Crippen molar-refractivity contribution in [1.82, 2.24) is 10.2 Å². The molecule has 3 N–H and O–H groups in total. The summed E-state index contributed by atoms with van der Waals surface area (Å²) in [7, 11) is 0. The first-order valence-electron chi connectivity index (χ1n) is 10.2. The zero-order valence-electron chi connectivity index (χ0n) is 17.0. The van der Waals surface area contributed by atoms with Gasteiger partial charge in [0.2, 0.25) is 11.8 Å². The molecule has 0 unspecified atom stereocenters. The molecular formula is C21H34Cl2N4O2. The average molecular weight is 445 g/mol. The van der Waals surface area contributed by atoms with E-state index in [1.54, 1.807) is 0 Å². The Hall–Kier alpha value is -1.50. The molecule has 0 aromatic heterocycles. The lowest BCUT2D eigenvalue weighted by atomic mass is 9.71. The number of carbonyl (C=O) groups excluding carboxylic acids is 2. The van der Waals surface area contributed by atoms with Crippen molar-refractivity contribution in [3.05, 3.63) is 30.3 Å². The minimum atomic E-state index is -0.0628. The van der Waals surface area contributed by atoms with Gasteiger partial charge in [0.15, 0.2) is 0 Å². The number of benzene rings is 1. The first-order valence-corrected chi connectivity index (χ1v) is 10.2. The minimum absolute atomic E-state index is 0. The Bertz CT molecular complexity index is 631. The van der Waals surface area contributed by atoms with Crippen LogP contribution in [0.1, 0.15) is 38.5 Å². The Labute approximate surface area is 186 Å². The van der Waals surface area contributed by atoms with Gasteiger partial charge in [-0.3, -0.25) is 9.59 Å². The van der Waals surface area contributed by atoms with E-state index in [4.69, 9.17) is 5.73 Å². The topological polar surface area (TPSA) is 78.7 Å². The van der Waals surface area contributed by atoms with Crippen LogP contribution in [0, 0.1) is 5.41 Å². The van der Waals surface area contributed by atoms with E-state index in [9.17, 15) is 9.59 Å². The molecule has 1 aliphatic carbocycles. The molecule has 1 saturated carbocycles. The molecule has 0 spiro atoms. The smallest absolute Gasteiger partial charge is 0.242 e. The highest BCUT2D eigenvalue weighted by atomic mass is 35.5. The maximum absolute atomic E-state index is 12.5. The van der Waals surface area contributed by atoms with E-state index in [1.165, 1.54) is 12.1 Å². The van der Waals surface area contributed by atoms with Crippen molar-refractivity contribution in [1.29, 1.82) is 0 Å². The van der Waals surface area contributed by atoms with Gasteiger partial charge in [-0.1, -0.05) is 37.5 Å². The molecule has 0 bridgehead atoms. The SMILES string of the molecule is Cl.Cl.NCC1(CC(=O)NCC(=O)N2CCN(c3ccccc3)CC2)CCCCC1. The van der Waals surface area contributed by atoms with Crippen LogP contribution in [0.2, 0.25) is 0 Å². The minimum Gasteiger partial charge on any atom is -0.368 e. The second-order valence-electron chi connectivity index (χ2n) is 7.92. The van der Waals surface area contributed by atoms with Crippen LogP contribution in [0.4, 0.5) is 5.69 Å². The highest BCUT2D eigenvalue weighted by molar-refractivity contribution is 5.86. The fraction of sp³-hybridized carbons (Fsp3) is 0.619. The Morgan fingerprint density at radius 3 is 2.17 bits per heavy atom. The molecule has 2 aliphatic rings. The zero-order valence-corrected chi connectivity index (χ0v) is 18.6. The molecule has 1 saturated heterocycles. The molecule has 1 aromatic rings. The molecule has 29 heavy (non-hydrogen) atoms. The second kappa shape index (κ2) is 12.3. The summed E-state index contributed by atoms with van der Waals surface area (Å²) in [5.74, 6) is -0.0416. The molecule has 3 rings (SSSR count). The lowest BCUT2D eigenvalue weighted by Gasteiger charge is -2.37. The number of nitrogens with one attached hydrogen (secondary N) is 1. The predicted octanol–water partition coefficient (Wildman–Crippen LogP) is 2.59. The second-order valence-corrected chi connectivity index (χ2v) is 7.92. The number of nitrogens with two attached hydrogens (primary N) is 1. The normalized spacial score (nSPS) is 18.2. The van der Waals surface area contributed by atoms with Gasteiger partial charge in [-0.2, -0.15) is 0 Å². The summed E-state index contributed by atoms with van der Waals surface area (Å²) >= 11 is 0. The van der Waals surface area contributed by atoms with Crippen LogP contribution >= 0.6 is 24.8 Å². The van der Waals surface area contributed by atoms with Crippen LogP contribution in [0.3, 0.4) is 0 Å². The Balaban J connectivity index is 0.00000210. The number of piperazine rings is 1. The van der Waals surface area contributed by atoms with E-state index in [0.29, 0.717) is 26.1 Å². The van der Waals surface area contributed by atoms with Gasteiger partial charge in [0.1, 0.15) is 0 Å². The van der Waals surface area contributed by atoms with Gasteiger partial charge in [-0.05, 0) is 36.9 Å². The fourth-order valence-electron chi connectivity index (χ4n) is 4.30. The van der Waals surface area contributed by atoms with Crippen LogP contribution in [0.15, 0.2) is 30.3 Å². The molecule has 8 heteroatoms. The zero-order chi connectivity index (χ0) is 19.1. The number of nitrogens with zero attached hydrogens (tertiary/aromatic N) is 2. The maximum atomic E-state index is 12.5. The van der Waals surface area contributed by atoms with Gasteiger partial charge in [-0.25, -0.2) is 0 Å². The standard InChI is InChI=1S/C21H32N4O2.2ClH/c22-17-21(9-5-2-6-10-21)15-19(26)23-16-20(27)25-13-11-24(12-14-25)18-7-3-1-4-8-18;;/h1,3-4,7-8H,2,5-6,9-17,22H2,(H,23,26);2*1H. The molecule has 1 aliphatic heterocycles. The first-order chi connectivity index (χ1) is 13.1. The summed E-state index contributed by atoms with van der Waals surface area (Å²) < 4.78 is 0. The Morgan fingerprint density at radius 1 is 0.966 bits per heavy atom. The monoisotopic (exact) mass is 444 g/mol. The highest BCUT2D eigenvalue weighted by Crippen LogP contribution is 2.38. The summed E-state index contributed by atoms with van der Waals surface area (Å²) in [6.07, 6.45) is 6.01. The third kappa shape index (κ3) is 7.05. The van der Waals surface area contributed by atoms with Gasteiger partial charge in [0.05, 0.1) is 6.54 Å². The van der Waals surface area contributed by atoms with Crippen molar-refractivity contribution < 1.29 is 9.59 Å². The highest BCUT2D eigenvalue weighted by Gasteiger charge is 2.33. The average Bonchev–Trinajstić information content (AvgIpc) is 2.73. The van der Waals surface area contributed by atoms with Crippen LogP contribution in [-0.2, 0) is 9.59 Å². The van der Waals surface area contributed by atoms with Gasteiger partial charge in [0, 0.05) is 38.3 Å². The number of carbonyl (C=O) groups is 2. The molecule has 0 radical (unpaired) electrons. The predicted molar refractivity (Wildman–Crippen MR) is 122 cm³/mol. The van der Waals surface area contributed by atoms with Crippen molar-refractivity contribution in [3.8, 4) is 0 Å². The van der Waals surface area contributed by atoms with Crippen LogP contribution in [0.25, 0.3) is 0 Å². The number of para-hydroxylation sites is 1. The molecule has 2 amide bonds. The van der Waals surface area contributed by atoms with Crippen LogP contribution < -0.4 is 16.0 Å². The van der Waals surface area contributed by atoms with Crippen molar-refractivity contribution in [2.45, 2.75) is 38.5 Å². The summed E-state index contributed by atoms with van der Waals surface area (Å²) in [5, 5.41) is 2.83. The third-order valence-corrected chi connectivity index (χ3v) is 6.07. The van der Waals surface area contributed by atoms with E-state index in [1.807, 2.05) is 23.1 Å². The van der Waals surface area contributed by atoms with Gasteiger partial charge >= 0.3 is 0 Å². The summed E-state index contributed by atoms with van der Waals surface area (Å²) in [4.78, 5) is 28.9. The maximum Gasteiger partial charge on any atom is 0.242 e. The lowest BCUT2D eigenvalue weighted by molar-refractivity contribution is -0.133. The van der Waals surface area contributed by atoms with Crippen molar-refractivity contribution in [3.63, 3.8) is 0 Å². The molecule has 2 fully saturated rings. The fourth-order valence-corrected chi connectivity index (χ4v) is 4.30. The molecule has 6 nitrogen and oxygen atoms in total. The van der Waals surface area contributed by atoms with Gasteiger partial charge in [0.25, 0.3) is 0 Å². The van der Waals surface area contributed by atoms with E-state index >= 15 is 0 Å². The number of amides is 2. The van der Waals surface area contributed by atoms with E-state index in [2.05, 4.69) is 22.3 Å². The summed E-state index contributed by atoms with van der Waals surface area (Å²) in [6.45, 7) is 3.66. The summed E-state index contributed by atoms with van der Waals surface area (Å²) in [6, 6.07) is 10.3. The number of anilines is 1. The van der Waals surface area contributed by atoms with Crippen molar-refractivity contribution >= 4 is 42.3 Å². The Kier molecular flexibility index (Phi) is 10.8. The van der Waals surface area contributed by atoms with Gasteiger partial charge in [-0.15, -0.1) is 24.8 Å². The molecule has 1 aromatic carbocycles. The lowest BCUT2D eigenvalue weighted by Crippen LogP contribution is -2.51. The quantitative estimate of drug-likeness (QED) is 0.706. The molecule has 1 heterocycles. The molecular weight excluding hydrogens is 411 g/mol. The van der Waals surface area contributed by atoms with Crippen LogP contribution in [-0.4, -0.2) is 56.0 Å². The van der Waals surface area contributed by atoms with Crippen LogP contribution in [0.5, 0.6) is 0 Å². The van der Waals surface area contributed by atoms with E-state index in [-0.39, 0.29) is 48.6 Å². The number of rotatable bonds is 6. The van der Waals surface area contributed by atoms with Gasteiger partial charge < -0.3 is 20.9 Å². The third-order valence-electron chi connectivity index (χ3n) is 6.07. The first kappa shape index (κ1) is 25.5. The van der Waals surface area contributed by atoms with Crippen molar-refractivity contribution in [2.75, 3.05) is 44.2 Å². The van der Waals surface area contributed by atoms with E-state index < -0.39 is 0 Å². The molecule has 0 atom stereocenters. The Morgan fingerprint density at radius 2 is 1.59 bits per heavy atom. The molecule has 164 valence electrons. The van der Waals surface area contributed by atoms with E-state index in [0.717, 1.165) is 38.8 Å². The summed E-state index contributed by atoms with van der Waals surface area (Å²) in [5.41, 5.74) is 7.09. The largest absolute Gasteiger partial charge is 0.368 e. The number of hydrogen-bond donors (Lipinski definition) is 2. The number of hydrogen-bond acceptors (Lipinski definition) is 4. The van der Waals surface area contributed by atoms with Crippen molar-refractivity contribution in [2.24, 2.45) is 11.1 Å².